The number of hydrogen-bond donors (Lipinski definition) is 1. The zero-order chi connectivity index (χ0) is 17.3. The maximum atomic E-state index is 5.76. The second-order valence-corrected chi connectivity index (χ2v) is 5.49. The average molecular weight is 335 g/mol. The molecule has 5 nitrogen and oxygen atoms in total. The van der Waals surface area contributed by atoms with Crippen LogP contribution in [0.2, 0.25) is 0 Å². The minimum Gasteiger partial charge on any atom is -0.489 e. The predicted molar refractivity (Wildman–Crippen MR) is 96.7 cm³/mol. The van der Waals surface area contributed by atoms with Gasteiger partial charge in [-0.25, -0.2) is 0 Å². The molecule has 0 aliphatic carbocycles. The van der Waals surface area contributed by atoms with Gasteiger partial charge in [0, 0.05) is 12.6 Å². The first kappa shape index (κ1) is 16.9. The van der Waals surface area contributed by atoms with Crippen molar-refractivity contribution in [1.29, 1.82) is 0 Å². The van der Waals surface area contributed by atoms with Crippen LogP contribution in [0.15, 0.2) is 66.7 Å². The van der Waals surface area contributed by atoms with Gasteiger partial charge < -0.3 is 14.8 Å². The summed E-state index contributed by atoms with van der Waals surface area (Å²) in [6.45, 7) is 4.20. The number of hydrogen-bond acceptors (Lipinski definition) is 5. The molecule has 0 aliphatic heterocycles. The van der Waals surface area contributed by atoms with Gasteiger partial charge in [0.25, 0.3) is 0 Å². The molecule has 0 saturated carbocycles. The van der Waals surface area contributed by atoms with Gasteiger partial charge in [0.15, 0.2) is 0 Å². The summed E-state index contributed by atoms with van der Waals surface area (Å²) in [5.74, 6) is 1.96. The van der Waals surface area contributed by atoms with Gasteiger partial charge in [-0.05, 0) is 42.4 Å². The van der Waals surface area contributed by atoms with Crippen molar-refractivity contribution in [2.45, 2.75) is 20.1 Å². The zero-order valence-corrected chi connectivity index (χ0v) is 14.2. The lowest BCUT2D eigenvalue weighted by Gasteiger charge is -2.08. The zero-order valence-electron chi connectivity index (χ0n) is 14.2. The van der Waals surface area contributed by atoms with Crippen molar-refractivity contribution in [2.24, 2.45) is 0 Å². The molecule has 0 saturated heterocycles. The van der Waals surface area contributed by atoms with E-state index in [1.807, 2.05) is 66.7 Å². The van der Waals surface area contributed by atoms with Gasteiger partial charge in [-0.3, -0.25) is 0 Å². The van der Waals surface area contributed by atoms with Crippen LogP contribution in [-0.4, -0.2) is 16.7 Å². The minimum absolute atomic E-state index is 0.471. The first-order valence-corrected chi connectivity index (χ1v) is 8.31. The molecule has 0 radical (unpaired) electrons. The smallest absolute Gasteiger partial charge is 0.238 e. The average Bonchev–Trinajstić information content (AvgIpc) is 2.68. The molecule has 1 heterocycles. The summed E-state index contributed by atoms with van der Waals surface area (Å²) < 4.78 is 11.5. The number of aromatic nitrogens is 2. The highest BCUT2D eigenvalue weighted by atomic mass is 16.5. The van der Waals surface area contributed by atoms with Crippen LogP contribution >= 0.6 is 0 Å². The standard InChI is InChI=1S/C20H21N3O2/c1-2-21-14-17-8-13-20(23-22-17)25-19-11-9-18(10-12-19)24-15-16-6-4-3-5-7-16/h3-13,21H,2,14-15H2,1H3. The van der Waals surface area contributed by atoms with E-state index in [0.29, 0.717) is 24.8 Å². The molecule has 0 bridgehead atoms. The Morgan fingerprint density at radius 3 is 2.28 bits per heavy atom. The van der Waals surface area contributed by atoms with Gasteiger partial charge >= 0.3 is 0 Å². The van der Waals surface area contributed by atoms with Crippen molar-refractivity contribution in [1.82, 2.24) is 15.5 Å². The van der Waals surface area contributed by atoms with Crippen LogP contribution in [0.4, 0.5) is 0 Å². The van der Waals surface area contributed by atoms with Crippen LogP contribution in [0.25, 0.3) is 0 Å². The molecule has 0 atom stereocenters. The van der Waals surface area contributed by atoms with Gasteiger partial charge in [0.2, 0.25) is 5.88 Å². The van der Waals surface area contributed by atoms with E-state index in [1.54, 1.807) is 0 Å². The van der Waals surface area contributed by atoms with E-state index in [4.69, 9.17) is 9.47 Å². The molecule has 0 amide bonds. The Labute approximate surface area is 147 Å². The summed E-state index contributed by atoms with van der Waals surface area (Å²) in [5, 5.41) is 11.4. The highest BCUT2D eigenvalue weighted by Gasteiger charge is 2.02. The Morgan fingerprint density at radius 2 is 1.60 bits per heavy atom. The lowest BCUT2D eigenvalue weighted by molar-refractivity contribution is 0.305. The Bertz CT molecular complexity index is 759. The van der Waals surface area contributed by atoms with Crippen molar-refractivity contribution >= 4 is 0 Å². The Morgan fingerprint density at radius 1 is 0.840 bits per heavy atom. The van der Waals surface area contributed by atoms with E-state index in [0.717, 1.165) is 23.6 Å². The Kier molecular flexibility index (Phi) is 5.96. The SMILES string of the molecule is CCNCc1ccc(Oc2ccc(OCc3ccccc3)cc2)nn1. The van der Waals surface area contributed by atoms with Crippen LogP contribution in [0, 0.1) is 0 Å². The second kappa shape index (κ2) is 8.80. The quantitative estimate of drug-likeness (QED) is 0.675. The lowest BCUT2D eigenvalue weighted by Crippen LogP contribution is -2.13. The summed E-state index contributed by atoms with van der Waals surface area (Å²) >= 11 is 0. The highest BCUT2D eigenvalue weighted by molar-refractivity contribution is 5.33. The van der Waals surface area contributed by atoms with Crippen molar-refractivity contribution in [3.63, 3.8) is 0 Å². The molecule has 1 N–H and O–H groups in total. The van der Waals surface area contributed by atoms with E-state index in [9.17, 15) is 0 Å². The molecule has 128 valence electrons. The molecule has 3 rings (SSSR count). The lowest BCUT2D eigenvalue weighted by atomic mass is 10.2. The second-order valence-electron chi connectivity index (χ2n) is 5.49. The summed E-state index contributed by atoms with van der Waals surface area (Å²) in [6, 6.07) is 21.3. The molecule has 0 spiro atoms. The largest absolute Gasteiger partial charge is 0.489 e. The fourth-order valence-corrected chi connectivity index (χ4v) is 2.21. The molecular formula is C20H21N3O2. The van der Waals surface area contributed by atoms with E-state index < -0.39 is 0 Å². The molecule has 0 fully saturated rings. The molecule has 0 aliphatic rings. The third-order valence-electron chi connectivity index (χ3n) is 3.55. The number of rotatable bonds is 8. The summed E-state index contributed by atoms with van der Waals surface area (Å²) in [6.07, 6.45) is 0. The van der Waals surface area contributed by atoms with Crippen LogP contribution in [-0.2, 0) is 13.2 Å². The maximum Gasteiger partial charge on any atom is 0.238 e. The fourth-order valence-electron chi connectivity index (χ4n) is 2.21. The number of nitrogens with one attached hydrogen (secondary N) is 1. The monoisotopic (exact) mass is 335 g/mol. The summed E-state index contributed by atoms with van der Waals surface area (Å²) in [4.78, 5) is 0. The topological polar surface area (TPSA) is 56.3 Å². The van der Waals surface area contributed by atoms with Gasteiger partial charge in [0.05, 0.1) is 5.69 Å². The third kappa shape index (κ3) is 5.29. The fraction of sp³-hybridized carbons (Fsp3) is 0.200. The van der Waals surface area contributed by atoms with Gasteiger partial charge in [0.1, 0.15) is 18.1 Å². The molecule has 0 unspecified atom stereocenters. The Balaban J connectivity index is 1.53. The predicted octanol–water partition coefficient (Wildman–Crippen LogP) is 3.96. The van der Waals surface area contributed by atoms with Crippen molar-refractivity contribution < 1.29 is 9.47 Å². The van der Waals surface area contributed by atoms with Gasteiger partial charge in [-0.15, -0.1) is 5.10 Å². The first-order valence-electron chi connectivity index (χ1n) is 8.31. The van der Waals surface area contributed by atoms with E-state index >= 15 is 0 Å². The number of nitrogens with zero attached hydrogens (tertiary/aromatic N) is 2. The maximum absolute atomic E-state index is 5.76. The van der Waals surface area contributed by atoms with Crippen molar-refractivity contribution in [2.75, 3.05) is 6.54 Å². The highest BCUT2D eigenvalue weighted by Crippen LogP contribution is 2.22. The summed E-state index contributed by atoms with van der Waals surface area (Å²) in [5.41, 5.74) is 2.02. The van der Waals surface area contributed by atoms with Gasteiger partial charge in [-0.1, -0.05) is 37.3 Å². The van der Waals surface area contributed by atoms with Crippen LogP contribution in [0.3, 0.4) is 0 Å². The molecular weight excluding hydrogens is 314 g/mol. The Hall–Kier alpha value is -2.92. The molecule has 2 aromatic carbocycles. The van der Waals surface area contributed by atoms with Crippen molar-refractivity contribution in [3.8, 4) is 17.4 Å². The van der Waals surface area contributed by atoms with Crippen LogP contribution in [0.1, 0.15) is 18.2 Å². The normalized spacial score (nSPS) is 10.4. The third-order valence-corrected chi connectivity index (χ3v) is 3.55. The van der Waals surface area contributed by atoms with Gasteiger partial charge in [-0.2, -0.15) is 5.10 Å². The molecule has 25 heavy (non-hydrogen) atoms. The van der Waals surface area contributed by atoms with E-state index in [2.05, 4.69) is 22.4 Å². The van der Waals surface area contributed by atoms with Crippen molar-refractivity contribution in [3.05, 3.63) is 78.0 Å². The van der Waals surface area contributed by atoms with E-state index in [-0.39, 0.29) is 0 Å². The van der Waals surface area contributed by atoms with Crippen LogP contribution in [0.5, 0.6) is 17.4 Å². The number of benzene rings is 2. The number of ether oxygens (including phenoxy) is 2. The summed E-state index contributed by atoms with van der Waals surface area (Å²) in [7, 11) is 0. The minimum atomic E-state index is 0.471. The van der Waals surface area contributed by atoms with E-state index in [1.165, 1.54) is 0 Å². The molecule has 1 aromatic heterocycles. The molecule has 5 heteroatoms. The first-order chi connectivity index (χ1) is 12.3. The molecule has 3 aromatic rings. The van der Waals surface area contributed by atoms with Crippen LogP contribution < -0.4 is 14.8 Å².